The smallest absolute Gasteiger partial charge is 0.273 e. The van der Waals surface area contributed by atoms with Crippen LogP contribution in [-0.2, 0) is 6.61 Å². The molecule has 0 aliphatic carbocycles. The molecule has 0 saturated carbocycles. The Hall–Kier alpha value is -2.98. The number of amides is 1. The fourth-order valence-electron chi connectivity index (χ4n) is 2.27. The van der Waals surface area contributed by atoms with Crippen molar-refractivity contribution < 1.29 is 9.53 Å². The summed E-state index contributed by atoms with van der Waals surface area (Å²) in [5.74, 6) is 0.216. The van der Waals surface area contributed by atoms with E-state index in [1.54, 1.807) is 18.2 Å². The zero-order valence-electron chi connectivity index (χ0n) is 13.4. The molecular formula is C20H17ClN2O2. The summed E-state index contributed by atoms with van der Waals surface area (Å²) in [6, 6.07) is 23.9. The number of ether oxygens (including phenoxy) is 1. The van der Waals surface area contributed by atoms with Gasteiger partial charge in [-0.05, 0) is 30.3 Å². The third-order valence-corrected chi connectivity index (χ3v) is 3.94. The Morgan fingerprint density at radius 3 is 2.36 bits per heavy atom. The van der Waals surface area contributed by atoms with E-state index in [4.69, 9.17) is 16.3 Å². The molecule has 0 atom stereocenters. The molecule has 3 aromatic carbocycles. The molecule has 0 radical (unpaired) electrons. The van der Waals surface area contributed by atoms with Crippen molar-refractivity contribution in [1.29, 1.82) is 0 Å². The summed E-state index contributed by atoms with van der Waals surface area (Å²) in [5, 5.41) is 0.634. The molecule has 2 N–H and O–H groups in total. The van der Waals surface area contributed by atoms with Gasteiger partial charge in [-0.3, -0.25) is 15.6 Å². The third kappa shape index (κ3) is 4.52. The zero-order valence-corrected chi connectivity index (χ0v) is 14.2. The van der Waals surface area contributed by atoms with Crippen molar-refractivity contribution in [1.82, 2.24) is 5.43 Å². The molecule has 126 valence electrons. The highest BCUT2D eigenvalue weighted by Crippen LogP contribution is 2.22. The first-order chi connectivity index (χ1) is 12.2. The summed E-state index contributed by atoms with van der Waals surface area (Å²) < 4.78 is 5.80. The first kappa shape index (κ1) is 16.9. The van der Waals surface area contributed by atoms with Crippen molar-refractivity contribution in [3.05, 3.63) is 95.0 Å². The van der Waals surface area contributed by atoms with Gasteiger partial charge in [-0.25, -0.2) is 0 Å². The molecule has 0 aliphatic rings. The second-order valence-corrected chi connectivity index (χ2v) is 5.73. The monoisotopic (exact) mass is 352 g/mol. The first-order valence-electron chi connectivity index (χ1n) is 7.80. The molecule has 0 bridgehead atoms. The topological polar surface area (TPSA) is 50.4 Å². The Kier molecular flexibility index (Phi) is 5.54. The minimum Gasteiger partial charge on any atom is -0.488 e. The minimum absolute atomic E-state index is 0.279. The second kappa shape index (κ2) is 8.22. The molecule has 5 heteroatoms. The summed E-state index contributed by atoms with van der Waals surface area (Å²) in [4.78, 5) is 12.4. The molecule has 3 rings (SSSR count). The van der Waals surface area contributed by atoms with E-state index in [1.807, 2.05) is 60.7 Å². The van der Waals surface area contributed by atoms with E-state index in [0.717, 1.165) is 11.3 Å². The molecule has 3 aromatic rings. The molecule has 0 unspecified atom stereocenters. The fraction of sp³-hybridized carbons (Fsp3) is 0.0500. The van der Waals surface area contributed by atoms with Crippen molar-refractivity contribution in [2.45, 2.75) is 6.61 Å². The van der Waals surface area contributed by atoms with E-state index in [2.05, 4.69) is 10.9 Å². The number of hydrogen-bond acceptors (Lipinski definition) is 3. The molecule has 0 saturated heterocycles. The summed E-state index contributed by atoms with van der Waals surface area (Å²) >= 11 is 6.14. The lowest BCUT2D eigenvalue weighted by molar-refractivity contribution is 0.0958. The van der Waals surface area contributed by atoms with Crippen LogP contribution in [0.1, 0.15) is 15.9 Å². The van der Waals surface area contributed by atoms with Gasteiger partial charge in [0.25, 0.3) is 5.91 Å². The predicted molar refractivity (Wildman–Crippen MR) is 99.8 cm³/mol. The van der Waals surface area contributed by atoms with E-state index in [-0.39, 0.29) is 12.5 Å². The largest absolute Gasteiger partial charge is 0.488 e. The second-order valence-electron chi connectivity index (χ2n) is 5.32. The summed E-state index contributed by atoms with van der Waals surface area (Å²) in [5.41, 5.74) is 7.65. The molecule has 4 nitrogen and oxygen atoms in total. The highest BCUT2D eigenvalue weighted by Gasteiger charge is 2.12. The molecule has 0 fully saturated rings. The van der Waals surface area contributed by atoms with E-state index in [0.29, 0.717) is 16.3 Å². The van der Waals surface area contributed by atoms with Crippen LogP contribution in [0.2, 0.25) is 5.02 Å². The maximum atomic E-state index is 12.4. The molecular weight excluding hydrogens is 336 g/mol. The Morgan fingerprint density at radius 1 is 0.880 bits per heavy atom. The maximum Gasteiger partial charge on any atom is 0.273 e. The van der Waals surface area contributed by atoms with Crippen molar-refractivity contribution in [2.75, 3.05) is 5.43 Å². The number of benzene rings is 3. The van der Waals surface area contributed by atoms with Crippen molar-refractivity contribution >= 4 is 23.2 Å². The van der Waals surface area contributed by atoms with Gasteiger partial charge in [-0.2, -0.15) is 0 Å². The quantitative estimate of drug-likeness (QED) is 0.633. The van der Waals surface area contributed by atoms with Gasteiger partial charge in [0.05, 0.1) is 11.3 Å². The molecule has 1 amide bonds. The third-order valence-electron chi connectivity index (χ3n) is 3.57. The van der Waals surface area contributed by atoms with Crippen LogP contribution in [0.3, 0.4) is 0 Å². The van der Waals surface area contributed by atoms with Crippen LogP contribution in [0.4, 0.5) is 5.69 Å². The van der Waals surface area contributed by atoms with Gasteiger partial charge in [0, 0.05) is 10.6 Å². The highest BCUT2D eigenvalue weighted by atomic mass is 35.5. The summed E-state index contributed by atoms with van der Waals surface area (Å²) in [7, 11) is 0. The van der Waals surface area contributed by atoms with Crippen LogP contribution in [0.25, 0.3) is 0 Å². The number of hydrogen-bond donors (Lipinski definition) is 2. The summed E-state index contributed by atoms with van der Waals surface area (Å²) in [6.45, 7) is 0.288. The zero-order chi connectivity index (χ0) is 17.5. The van der Waals surface area contributed by atoms with Crippen LogP contribution in [-0.4, -0.2) is 5.91 Å². The predicted octanol–water partition coefficient (Wildman–Crippen LogP) is 4.68. The molecule has 0 aliphatic heterocycles. The van der Waals surface area contributed by atoms with Crippen molar-refractivity contribution in [2.24, 2.45) is 0 Å². The van der Waals surface area contributed by atoms with E-state index in [9.17, 15) is 4.79 Å². The number of carbonyl (C=O) groups is 1. The van der Waals surface area contributed by atoms with Gasteiger partial charge in [0.1, 0.15) is 12.4 Å². The average molecular weight is 353 g/mol. The highest BCUT2D eigenvalue weighted by molar-refractivity contribution is 6.31. The van der Waals surface area contributed by atoms with Gasteiger partial charge in [-0.1, -0.05) is 60.1 Å². The first-order valence-corrected chi connectivity index (χ1v) is 8.18. The van der Waals surface area contributed by atoms with Crippen LogP contribution in [0.15, 0.2) is 78.9 Å². The molecule has 0 aromatic heterocycles. The van der Waals surface area contributed by atoms with Gasteiger partial charge in [0.15, 0.2) is 0 Å². The number of rotatable bonds is 6. The fourth-order valence-corrected chi connectivity index (χ4v) is 2.46. The average Bonchev–Trinajstić information content (AvgIpc) is 2.66. The van der Waals surface area contributed by atoms with Crippen LogP contribution in [0, 0.1) is 0 Å². The van der Waals surface area contributed by atoms with Gasteiger partial charge in [0.2, 0.25) is 0 Å². The standard InChI is InChI=1S/C20H17ClN2O2/c21-18-12-6-4-8-15(18)14-25-19-13-7-5-11-17(19)20(24)23-22-16-9-2-1-3-10-16/h1-13,22H,14H2,(H,23,24). The van der Waals surface area contributed by atoms with Crippen LogP contribution >= 0.6 is 11.6 Å². The number of hydrazine groups is 1. The number of carbonyl (C=O) groups excluding carboxylic acids is 1. The van der Waals surface area contributed by atoms with Gasteiger partial charge >= 0.3 is 0 Å². The van der Waals surface area contributed by atoms with Crippen molar-refractivity contribution in [3.8, 4) is 5.75 Å². The minimum atomic E-state index is -0.279. The Morgan fingerprint density at radius 2 is 1.56 bits per heavy atom. The lowest BCUT2D eigenvalue weighted by atomic mass is 10.2. The Labute approximate surface area is 151 Å². The van der Waals surface area contributed by atoms with E-state index >= 15 is 0 Å². The summed E-state index contributed by atoms with van der Waals surface area (Å²) in [6.07, 6.45) is 0. The van der Waals surface area contributed by atoms with Crippen LogP contribution < -0.4 is 15.6 Å². The number of nitrogens with one attached hydrogen (secondary N) is 2. The molecule has 0 heterocycles. The molecule has 0 spiro atoms. The van der Waals surface area contributed by atoms with Crippen molar-refractivity contribution in [3.63, 3.8) is 0 Å². The normalized spacial score (nSPS) is 10.1. The lowest BCUT2D eigenvalue weighted by Crippen LogP contribution is -2.29. The SMILES string of the molecule is O=C(NNc1ccccc1)c1ccccc1OCc1ccccc1Cl. The number of halogens is 1. The van der Waals surface area contributed by atoms with Gasteiger partial charge < -0.3 is 4.74 Å². The molecule has 25 heavy (non-hydrogen) atoms. The van der Waals surface area contributed by atoms with Gasteiger partial charge in [-0.15, -0.1) is 0 Å². The van der Waals surface area contributed by atoms with E-state index in [1.165, 1.54) is 0 Å². The number of anilines is 1. The lowest BCUT2D eigenvalue weighted by Gasteiger charge is -2.13. The van der Waals surface area contributed by atoms with E-state index < -0.39 is 0 Å². The van der Waals surface area contributed by atoms with Crippen LogP contribution in [0.5, 0.6) is 5.75 Å². The maximum absolute atomic E-state index is 12.4. The Bertz CT molecular complexity index is 853. The number of para-hydroxylation sites is 2. The Balaban J connectivity index is 1.68.